The third kappa shape index (κ3) is 5.00. The number of sulfonamides is 1. The Labute approximate surface area is 195 Å². The van der Waals surface area contributed by atoms with Crippen molar-refractivity contribution < 1.29 is 26.4 Å². The van der Waals surface area contributed by atoms with Crippen LogP contribution in [-0.2, 0) is 16.2 Å². The molecule has 0 radical (unpaired) electrons. The van der Waals surface area contributed by atoms with Crippen molar-refractivity contribution in [1.29, 1.82) is 0 Å². The lowest BCUT2D eigenvalue weighted by molar-refractivity contribution is -0.143. The number of aromatic nitrogens is 2. The highest BCUT2D eigenvalue weighted by Crippen LogP contribution is 2.34. The fourth-order valence-corrected chi connectivity index (χ4v) is 5.41. The average Bonchev–Trinajstić information content (AvgIpc) is 3.09. The number of alkyl halides is 3. The van der Waals surface area contributed by atoms with Crippen LogP contribution in [0.25, 0.3) is 5.69 Å². The standard InChI is InChI=1S/C23H23F3N4O3S/c24-23(25,26)21-20(16-27-30(21)18-8-4-3-5-9-18)22(31)28-17-10-12-19(13-11-17)34(32,33)29-14-6-1-2-7-15-29/h3-5,8-13,16H,1-2,6-7,14-15H2,(H,28,31). The number of hydrogen-bond donors (Lipinski definition) is 1. The van der Waals surface area contributed by atoms with E-state index in [1.54, 1.807) is 18.2 Å². The number of rotatable bonds is 5. The van der Waals surface area contributed by atoms with Crippen LogP contribution in [0.15, 0.2) is 65.7 Å². The van der Waals surface area contributed by atoms with E-state index in [9.17, 15) is 26.4 Å². The van der Waals surface area contributed by atoms with E-state index in [2.05, 4.69) is 10.4 Å². The highest BCUT2D eigenvalue weighted by Gasteiger charge is 2.40. The molecule has 1 fully saturated rings. The van der Waals surface area contributed by atoms with Gasteiger partial charge < -0.3 is 5.32 Å². The minimum atomic E-state index is -4.83. The van der Waals surface area contributed by atoms with Crippen molar-refractivity contribution in [3.05, 3.63) is 72.1 Å². The summed E-state index contributed by atoms with van der Waals surface area (Å²) in [6, 6.07) is 13.1. The summed E-state index contributed by atoms with van der Waals surface area (Å²) in [6.45, 7) is 0.902. The van der Waals surface area contributed by atoms with E-state index >= 15 is 0 Å². The molecular weight excluding hydrogens is 469 g/mol. The molecule has 11 heteroatoms. The molecule has 1 aliphatic heterocycles. The summed E-state index contributed by atoms with van der Waals surface area (Å²) < 4.78 is 69.3. The van der Waals surface area contributed by atoms with Gasteiger partial charge in [0.1, 0.15) is 0 Å². The molecule has 34 heavy (non-hydrogen) atoms. The van der Waals surface area contributed by atoms with Gasteiger partial charge in [-0.05, 0) is 49.2 Å². The van der Waals surface area contributed by atoms with Crippen LogP contribution < -0.4 is 5.32 Å². The Bertz CT molecular complexity index is 1250. The summed E-state index contributed by atoms with van der Waals surface area (Å²) in [5.41, 5.74) is -1.51. The van der Waals surface area contributed by atoms with Crippen LogP contribution in [0.5, 0.6) is 0 Å². The van der Waals surface area contributed by atoms with Gasteiger partial charge in [0.2, 0.25) is 10.0 Å². The molecule has 1 amide bonds. The smallest absolute Gasteiger partial charge is 0.322 e. The predicted molar refractivity (Wildman–Crippen MR) is 120 cm³/mol. The number of nitrogens with one attached hydrogen (secondary N) is 1. The summed E-state index contributed by atoms with van der Waals surface area (Å²) in [5, 5.41) is 6.18. The second-order valence-corrected chi connectivity index (χ2v) is 9.89. The van der Waals surface area contributed by atoms with Gasteiger partial charge in [-0.3, -0.25) is 4.79 Å². The molecule has 0 spiro atoms. The maximum atomic E-state index is 13.8. The lowest BCUT2D eigenvalue weighted by atomic mass is 10.2. The van der Waals surface area contributed by atoms with Gasteiger partial charge in [-0.25, -0.2) is 13.1 Å². The van der Waals surface area contributed by atoms with Crippen LogP contribution in [-0.4, -0.2) is 41.5 Å². The van der Waals surface area contributed by atoms with E-state index < -0.39 is 33.4 Å². The van der Waals surface area contributed by atoms with Gasteiger partial charge in [-0.2, -0.15) is 22.6 Å². The second kappa shape index (κ2) is 9.59. The van der Waals surface area contributed by atoms with Gasteiger partial charge in [0.25, 0.3) is 5.91 Å². The Morgan fingerprint density at radius 1 is 0.912 bits per heavy atom. The fourth-order valence-electron chi connectivity index (χ4n) is 3.89. The van der Waals surface area contributed by atoms with E-state index in [0.717, 1.165) is 31.9 Å². The third-order valence-electron chi connectivity index (χ3n) is 5.60. The Morgan fingerprint density at radius 3 is 2.12 bits per heavy atom. The van der Waals surface area contributed by atoms with E-state index in [-0.39, 0.29) is 16.3 Å². The first-order valence-electron chi connectivity index (χ1n) is 10.8. The molecule has 7 nitrogen and oxygen atoms in total. The number of halogens is 3. The largest absolute Gasteiger partial charge is 0.434 e. The van der Waals surface area contributed by atoms with Gasteiger partial charge in [0.05, 0.1) is 22.3 Å². The molecule has 3 aromatic rings. The van der Waals surface area contributed by atoms with Gasteiger partial charge in [0.15, 0.2) is 5.69 Å². The maximum absolute atomic E-state index is 13.8. The van der Waals surface area contributed by atoms with Crippen LogP contribution in [0, 0.1) is 0 Å². The predicted octanol–water partition coefficient (Wildman–Crippen LogP) is 4.71. The number of carbonyl (C=O) groups excluding carboxylic acids is 1. The quantitative estimate of drug-likeness (QED) is 0.559. The lowest BCUT2D eigenvalue weighted by Gasteiger charge is -2.20. The summed E-state index contributed by atoms with van der Waals surface area (Å²) in [5.74, 6) is -1.00. The molecule has 4 rings (SSSR count). The zero-order chi connectivity index (χ0) is 24.3. The lowest BCUT2D eigenvalue weighted by Crippen LogP contribution is -2.31. The number of hydrogen-bond acceptors (Lipinski definition) is 4. The van der Waals surface area contributed by atoms with Crippen molar-refractivity contribution in [3.8, 4) is 5.69 Å². The van der Waals surface area contributed by atoms with Crippen LogP contribution in [0.4, 0.5) is 18.9 Å². The van der Waals surface area contributed by atoms with E-state index in [1.165, 1.54) is 40.7 Å². The highest BCUT2D eigenvalue weighted by atomic mass is 32.2. The van der Waals surface area contributed by atoms with E-state index in [4.69, 9.17) is 0 Å². The van der Waals surface area contributed by atoms with Gasteiger partial charge in [-0.1, -0.05) is 31.0 Å². The summed E-state index contributed by atoms with van der Waals surface area (Å²) in [6.07, 6.45) is -0.403. The number of para-hydroxylation sites is 1. The normalized spacial score (nSPS) is 15.6. The molecule has 1 aliphatic rings. The minimum absolute atomic E-state index is 0.0697. The van der Waals surface area contributed by atoms with E-state index in [1.807, 2.05) is 0 Å². The zero-order valence-electron chi connectivity index (χ0n) is 18.1. The number of carbonyl (C=O) groups is 1. The topological polar surface area (TPSA) is 84.3 Å². The molecule has 180 valence electrons. The molecule has 0 atom stereocenters. The monoisotopic (exact) mass is 492 g/mol. The first kappa shape index (κ1) is 24.0. The van der Waals surface area contributed by atoms with Crippen LogP contribution in [0.2, 0.25) is 0 Å². The molecule has 1 saturated heterocycles. The summed E-state index contributed by atoms with van der Waals surface area (Å²) in [7, 11) is -3.68. The third-order valence-corrected chi connectivity index (χ3v) is 7.51. The second-order valence-electron chi connectivity index (χ2n) is 7.95. The van der Waals surface area contributed by atoms with Crippen molar-refractivity contribution in [3.63, 3.8) is 0 Å². The SMILES string of the molecule is O=C(Nc1ccc(S(=O)(=O)N2CCCCCC2)cc1)c1cnn(-c2ccccc2)c1C(F)(F)F. The zero-order valence-corrected chi connectivity index (χ0v) is 18.9. The molecule has 0 bridgehead atoms. The molecular formula is C23H23F3N4O3S. The first-order chi connectivity index (χ1) is 16.2. The number of amides is 1. The van der Waals surface area contributed by atoms with Crippen molar-refractivity contribution in [1.82, 2.24) is 14.1 Å². The van der Waals surface area contributed by atoms with Crippen molar-refractivity contribution >= 4 is 21.6 Å². The Morgan fingerprint density at radius 2 is 1.53 bits per heavy atom. The van der Waals surface area contributed by atoms with E-state index in [0.29, 0.717) is 17.8 Å². The molecule has 0 aliphatic carbocycles. The van der Waals surface area contributed by atoms with Gasteiger partial charge in [-0.15, -0.1) is 0 Å². The first-order valence-corrected chi connectivity index (χ1v) is 12.2. The molecule has 1 aromatic heterocycles. The van der Waals surface area contributed by atoms with Crippen molar-refractivity contribution in [2.24, 2.45) is 0 Å². The number of anilines is 1. The van der Waals surface area contributed by atoms with Crippen LogP contribution in [0.3, 0.4) is 0 Å². The molecule has 0 saturated carbocycles. The van der Waals surface area contributed by atoms with Gasteiger partial charge >= 0.3 is 6.18 Å². The number of benzene rings is 2. The Kier molecular flexibility index (Phi) is 6.76. The average molecular weight is 493 g/mol. The maximum Gasteiger partial charge on any atom is 0.434 e. The fraction of sp³-hybridized carbons (Fsp3) is 0.304. The summed E-state index contributed by atoms with van der Waals surface area (Å²) in [4.78, 5) is 12.8. The number of nitrogens with zero attached hydrogens (tertiary/aromatic N) is 3. The van der Waals surface area contributed by atoms with Crippen molar-refractivity contribution in [2.75, 3.05) is 18.4 Å². The molecule has 0 unspecified atom stereocenters. The Balaban J connectivity index is 1.56. The minimum Gasteiger partial charge on any atom is -0.322 e. The van der Waals surface area contributed by atoms with Gasteiger partial charge in [0, 0.05) is 18.8 Å². The Hall–Kier alpha value is -3.18. The summed E-state index contributed by atoms with van der Waals surface area (Å²) >= 11 is 0. The molecule has 2 aromatic carbocycles. The molecule has 1 N–H and O–H groups in total. The van der Waals surface area contributed by atoms with Crippen LogP contribution >= 0.6 is 0 Å². The van der Waals surface area contributed by atoms with Crippen molar-refractivity contribution in [2.45, 2.75) is 36.8 Å². The van der Waals surface area contributed by atoms with Crippen LogP contribution in [0.1, 0.15) is 41.7 Å². The molecule has 2 heterocycles. The highest BCUT2D eigenvalue weighted by molar-refractivity contribution is 7.89.